The van der Waals surface area contributed by atoms with E-state index in [0.717, 1.165) is 12.8 Å². The fourth-order valence-electron chi connectivity index (χ4n) is 2.04. The van der Waals surface area contributed by atoms with Gasteiger partial charge in [0, 0.05) is 0 Å². The average Bonchev–Trinajstić information content (AvgIpc) is 2.11. The molecule has 14 heavy (non-hydrogen) atoms. The predicted molar refractivity (Wildman–Crippen MR) is 56.9 cm³/mol. The van der Waals surface area contributed by atoms with Gasteiger partial charge in [-0.25, -0.2) is 0 Å². The second kappa shape index (κ2) is 4.16. The first-order valence-electron chi connectivity index (χ1n) is 5.40. The Labute approximate surface area is 86.3 Å². The van der Waals surface area contributed by atoms with Crippen LogP contribution in [0.15, 0.2) is 11.6 Å². The van der Waals surface area contributed by atoms with E-state index in [4.69, 9.17) is 4.74 Å². The van der Waals surface area contributed by atoms with Gasteiger partial charge in [0.2, 0.25) is 0 Å². The average molecular weight is 196 g/mol. The van der Waals surface area contributed by atoms with Crippen LogP contribution in [0.25, 0.3) is 0 Å². The molecule has 1 saturated carbocycles. The molecule has 2 nitrogen and oxygen atoms in total. The van der Waals surface area contributed by atoms with Crippen molar-refractivity contribution in [2.45, 2.75) is 40.5 Å². The Morgan fingerprint density at radius 2 is 2.21 bits per heavy atom. The Kier molecular flexibility index (Phi) is 3.35. The first kappa shape index (κ1) is 11.3. The number of esters is 1. The van der Waals surface area contributed by atoms with Crippen LogP contribution in [0, 0.1) is 11.3 Å². The third kappa shape index (κ3) is 1.84. The lowest BCUT2D eigenvalue weighted by Gasteiger charge is -2.45. The van der Waals surface area contributed by atoms with E-state index in [9.17, 15) is 4.79 Å². The van der Waals surface area contributed by atoms with Crippen LogP contribution in [-0.2, 0) is 9.53 Å². The lowest BCUT2D eigenvalue weighted by atomic mass is 9.58. The van der Waals surface area contributed by atoms with Gasteiger partial charge in [-0.3, -0.25) is 4.79 Å². The highest BCUT2D eigenvalue weighted by Crippen LogP contribution is 2.51. The summed E-state index contributed by atoms with van der Waals surface area (Å²) in [4.78, 5) is 11.5. The van der Waals surface area contributed by atoms with Crippen LogP contribution in [0.2, 0.25) is 0 Å². The van der Waals surface area contributed by atoms with Crippen molar-refractivity contribution in [3.05, 3.63) is 11.6 Å². The minimum Gasteiger partial charge on any atom is -0.466 e. The highest BCUT2D eigenvalue weighted by Gasteiger charge is 2.48. The van der Waals surface area contributed by atoms with E-state index in [1.807, 2.05) is 6.92 Å². The van der Waals surface area contributed by atoms with E-state index < -0.39 is 0 Å². The number of ether oxygens (including phenoxy) is 1. The van der Waals surface area contributed by atoms with Crippen molar-refractivity contribution >= 4 is 5.97 Å². The molecule has 1 aliphatic carbocycles. The van der Waals surface area contributed by atoms with E-state index >= 15 is 0 Å². The second-order valence-corrected chi connectivity index (χ2v) is 4.37. The van der Waals surface area contributed by atoms with E-state index in [2.05, 4.69) is 26.8 Å². The van der Waals surface area contributed by atoms with Crippen LogP contribution in [0.3, 0.4) is 0 Å². The minimum absolute atomic E-state index is 0.0161. The topological polar surface area (TPSA) is 26.3 Å². The van der Waals surface area contributed by atoms with Gasteiger partial charge < -0.3 is 4.74 Å². The van der Waals surface area contributed by atoms with Crippen LogP contribution in [0.5, 0.6) is 0 Å². The smallest absolute Gasteiger partial charge is 0.310 e. The number of allylic oxidation sites excluding steroid dienone is 2. The highest BCUT2D eigenvalue weighted by molar-refractivity contribution is 5.76. The highest BCUT2D eigenvalue weighted by atomic mass is 16.5. The maximum atomic E-state index is 11.5. The summed E-state index contributed by atoms with van der Waals surface area (Å²) >= 11 is 0. The molecule has 1 rings (SSSR count). The Morgan fingerprint density at radius 1 is 1.57 bits per heavy atom. The van der Waals surface area contributed by atoms with Gasteiger partial charge in [-0.15, -0.1) is 0 Å². The molecule has 1 unspecified atom stereocenters. The maximum Gasteiger partial charge on any atom is 0.310 e. The molecule has 0 aromatic heterocycles. The molecule has 80 valence electrons. The van der Waals surface area contributed by atoms with Crippen molar-refractivity contribution in [3.8, 4) is 0 Å². The lowest BCUT2D eigenvalue weighted by Crippen LogP contribution is -2.43. The first-order chi connectivity index (χ1) is 6.54. The molecular formula is C12H20O2. The van der Waals surface area contributed by atoms with Gasteiger partial charge in [0.1, 0.15) is 0 Å². The van der Waals surface area contributed by atoms with Crippen molar-refractivity contribution in [1.82, 2.24) is 0 Å². The minimum atomic E-state index is -0.0363. The normalized spacial score (nSPS) is 27.1. The Hall–Kier alpha value is -0.790. The summed E-state index contributed by atoms with van der Waals surface area (Å²) in [5.41, 5.74) is 1.42. The second-order valence-electron chi connectivity index (χ2n) is 4.37. The van der Waals surface area contributed by atoms with Gasteiger partial charge in [0.25, 0.3) is 0 Å². The number of carbonyl (C=O) groups is 1. The third-order valence-electron chi connectivity index (χ3n) is 3.14. The summed E-state index contributed by atoms with van der Waals surface area (Å²) in [6.45, 7) is 8.71. The largest absolute Gasteiger partial charge is 0.466 e. The Balaban J connectivity index is 2.63. The summed E-state index contributed by atoms with van der Waals surface area (Å²) in [5, 5.41) is 0. The summed E-state index contributed by atoms with van der Waals surface area (Å²) in [5.74, 6) is 0.0333. The number of rotatable bonds is 3. The summed E-state index contributed by atoms with van der Waals surface area (Å²) in [6, 6.07) is 0. The lowest BCUT2D eigenvalue weighted by molar-refractivity contribution is -0.154. The van der Waals surface area contributed by atoms with Crippen LogP contribution in [-0.4, -0.2) is 12.6 Å². The monoisotopic (exact) mass is 196 g/mol. The van der Waals surface area contributed by atoms with Crippen molar-refractivity contribution in [3.63, 3.8) is 0 Å². The molecule has 0 heterocycles. The van der Waals surface area contributed by atoms with Crippen LogP contribution >= 0.6 is 0 Å². The summed E-state index contributed by atoms with van der Waals surface area (Å²) < 4.78 is 5.04. The molecule has 1 aliphatic rings. The maximum absolute atomic E-state index is 11.5. The quantitative estimate of drug-likeness (QED) is 0.512. The predicted octanol–water partition coefficient (Wildman–Crippen LogP) is 2.93. The van der Waals surface area contributed by atoms with Gasteiger partial charge >= 0.3 is 5.97 Å². The van der Waals surface area contributed by atoms with Crippen LogP contribution in [0.4, 0.5) is 0 Å². The number of hydrogen-bond donors (Lipinski definition) is 0. The molecular weight excluding hydrogens is 176 g/mol. The summed E-state index contributed by atoms with van der Waals surface area (Å²) in [7, 11) is 0. The molecule has 0 aromatic rings. The van der Waals surface area contributed by atoms with E-state index in [1.165, 1.54) is 5.57 Å². The molecule has 0 saturated heterocycles. The van der Waals surface area contributed by atoms with Crippen molar-refractivity contribution in [2.24, 2.45) is 11.3 Å². The van der Waals surface area contributed by atoms with Gasteiger partial charge in [0.05, 0.1) is 12.5 Å². The molecule has 2 heteroatoms. The number of hydrogen-bond acceptors (Lipinski definition) is 2. The van der Waals surface area contributed by atoms with Crippen LogP contribution in [0.1, 0.15) is 40.5 Å². The SMILES string of the molecule is CCC=C1CC(C(=O)OCC)C1(C)C. The Bertz CT molecular complexity index is 251. The summed E-state index contributed by atoms with van der Waals surface area (Å²) in [6.07, 6.45) is 4.17. The van der Waals surface area contributed by atoms with Gasteiger partial charge in [-0.2, -0.15) is 0 Å². The molecule has 1 atom stereocenters. The van der Waals surface area contributed by atoms with E-state index in [0.29, 0.717) is 6.61 Å². The van der Waals surface area contributed by atoms with Crippen molar-refractivity contribution in [2.75, 3.05) is 6.61 Å². The molecule has 0 amide bonds. The van der Waals surface area contributed by atoms with E-state index in [1.54, 1.807) is 0 Å². The molecule has 0 bridgehead atoms. The zero-order valence-electron chi connectivity index (χ0n) is 9.59. The molecule has 0 radical (unpaired) electrons. The molecule has 0 aliphatic heterocycles. The standard InChI is InChI=1S/C12H20O2/c1-5-7-9-8-10(12(9,3)4)11(13)14-6-2/h7,10H,5-6,8H2,1-4H3. The number of carbonyl (C=O) groups excluding carboxylic acids is 1. The van der Waals surface area contributed by atoms with Gasteiger partial charge in [-0.05, 0) is 25.2 Å². The fourth-order valence-corrected chi connectivity index (χ4v) is 2.04. The zero-order valence-corrected chi connectivity index (χ0v) is 9.59. The fraction of sp³-hybridized carbons (Fsp3) is 0.750. The first-order valence-corrected chi connectivity index (χ1v) is 5.40. The van der Waals surface area contributed by atoms with E-state index in [-0.39, 0.29) is 17.3 Å². The van der Waals surface area contributed by atoms with Crippen molar-refractivity contribution < 1.29 is 9.53 Å². The Morgan fingerprint density at radius 3 is 2.64 bits per heavy atom. The molecule has 1 fully saturated rings. The molecule has 0 spiro atoms. The molecule has 0 N–H and O–H groups in total. The van der Waals surface area contributed by atoms with Crippen molar-refractivity contribution in [1.29, 1.82) is 0 Å². The van der Waals surface area contributed by atoms with Gasteiger partial charge in [0.15, 0.2) is 0 Å². The molecule has 0 aromatic carbocycles. The van der Waals surface area contributed by atoms with Gasteiger partial charge in [-0.1, -0.05) is 32.4 Å². The third-order valence-corrected chi connectivity index (χ3v) is 3.14. The van der Waals surface area contributed by atoms with Crippen LogP contribution < -0.4 is 0 Å². The zero-order chi connectivity index (χ0) is 10.8.